The lowest BCUT2D eigenvalue weighted by Gasteiger charge is -2.27. The summed E-state index contributed by atoms with van der Waals surface area (Å²) in [5, 5.41) is 4.70. The third kappa shape index (κ3) is 5.14. The molecule has 0 aliphatic heterocycles. The predicted octanol–water partition coefficient (Wildman–Crippen LogP) is 13.8. The molecular weight excluding hydrogens is 607 g/mol. The second kappa shape index (κ2) is 12.3. The van der Waals surface area contributed by atoms with Gasteiger partial charge in [-0.3, -0.25) is 0 Å². The zero-order valence-electron chi connectivity index (χ0n) is 28.1. The standard InChI is InChI=1S/C48H35NO/c1-32-11-3-5-14-40(32)45-31-37(22-21-33(45)2)34-23-27-38(28-24-34)49(46-19-9-13-35-12-4-6-15-41(35)46)39-29-25-36(26-30-39)42-17-10-18-44-43-16-7-8-20-47(43)50-48(42)44/h3-31H,1-2H3. The molecule has 0 saturated heterocycles. The van der Waals surface area contributed by atoms with Crippen molar-refractivity contribution in [2.24, 2.45) is 0 Å². The van der Waals surface area contributed by atoms with E-state index in [1.807, 2.05) is 12.1 Å². The van der Waals surface area contributed by atoms with Gasteiger partial charge in [0.2, 0.25) is 0 Å². The number of furan rings is 1. The fourth-order valence-corrected chi connectivity index (χ4v) is 7.36. The molecule has 9 rings (SSSR count). The van der Waals surface area contributed by atoms with Crippen molar-refractivity contribution < 1.29 is 4.42 Å². The van der Waals surface area contributed by atoms with Gasteiger partial charge in [0.15, 0.2) is 0 Å². The molecule has 8 aromatic carbocycles. The third-order valence-electron chi connectivity index (χ3n) is 9.98. The van der Waals surface area contributed by atoms with Crippen LogP contribution in [0, 0.1) is 13.8 Å². The third-order valence-corrected chi connectivity index (χ3v) is 9.98. The van der Waals surface area contributed by atoms with E-state index in [-0.39, 0.29) is 0 Å². The normalized spacial score (nSPS) is 11.4. The first kappa shape index (κ1) is 29.7. The van der Waals surface area contributed by atoms with E-state index in [1.54, 1.807) is 0 Å². The maximum atomic E-state index is 6.38. The fourth-order valence-electron chi connectivity index (χ4n) is 7.36. The van der Waals surface area contributed by atoms with Crippen LogP contribution in [-0.2, 0) is 0 Å². The summed E-state index contributed by atoms with van der Waals surface area (Å²) in [7, 11) is 0. The number of hydrogen-bond donors (Lipinski definition) is 0. The molecule has 0 fully saturated rings. The maximum absolute atomic E-state index is 6.38. The van der Waals surface area contributed by atoms with Gasteiger partial charge in [0.25, 0.3) is 0 Å². The topological polar surface area (TPSA) is 16.4 Å². The molecule has 0 unspecified atom stereocenters. The first-order valence-electron chi connectivity index (χ1n) is 17.2. The van der Waals surface area contributed by atoms with E-state index in [0.717, 1.165) is 50.1 Å². The summed E-state index contributed by atoms with van der Waals surface area (Å²) < 4.78 is 6.38. The van der Waals surface area contributed by atoms with Crippen molar-refractivity contribution in [3.63, 3.8) is 0 Å². The second-order valence-electron chi connectivity index (χ2n) is 13.1. The van der Waals surface area contributed by atoms with Crippen LogP contribution in [0.2, 0.25) is 0 Å². The molecule has 0 aliphatic rings. The SMILES string of the molecule is Cc1ccccc1-c1cc(-c2ccc(N(c3ccc(-c4cccc5c4oc4ccccc45)cc3)c3cccc4ccccc34)cc2)ccc1C. The highest BCUT2D eigenvalue weighted by Gasteiger charge is 2.17. The fraction of sp³-hybridized carbons (Fsp3) is 0.0417. The molecule has 0 saturated carbocycles. The Hall–Kier alpha value is -6.38. The van der Waals surface area contributed by atoms with Gasteiger partial charge in [-0.15, -0.1) is 0 Å². The van der Waals surface area contributed by atoms with Crippen molar-refractivity contribution in [3.8, 4) is 33.4 Å². The lowest BCUT2D eigenvalue weighted by Crippen LogP contribution is -2.10. The summed E-state index contributed by atoms with van der Waals surface area (Å²) in [6.07, 6.45) is 0. The Morgan fingerprint density at radius 3 is 1.78 bits per heavy atom. The number of aryl methyl sites for hydroxylation is 2. The molecule has 0 aliphatic carbocycles. The molecule has 0 radical (unpaired) electrons. The molecule has 50 heavy (non-hydrogen) atoms. The largest absolute Gasteiger partial charge is 0.455 e. The van der Waals surface area contributed by atoms with E-state index in [4.69, 9.17) is 4.42 Å². The van der Waals surface area contributed by atoms with E-state index in [9.17, 15) is 0 Å². The van der Waals surface area contributed by atoms with Crippen LogP contribution in [-0.4, -0.2) is 0 Å². The highest BCUT2D eigenvalue weighted by molar-refractivity contribution is 6.09. The van der Waals surface area contributed by atoms with Crippen molar-refractivity contribution >= 4 is 49.8 Å². The molecule has 1 aromatic heterocycles. The van der Waals surface area contributed by atoms with Crippen LogP contribution in [0.1, 0.15) is 11.1 Å². The number of para-hydroxylation sites is 2. The smallest absolute Gasteiger partial charge is 0.143 e. The van der Waals surface area contributed by atoms with Crippen LogP contribution in [0.15, 0.2) is 180 Å². The van der Waals surface area contributed by atoms with Crippen molar-refractivity contribution in [1.29, 1.82) is 0 Å². The lowest BCUT2D eigenvalue weighted by atomic mass is 9.93. The van der Waals surface area contributed by atoms with Crippen molar-refractivity contribution in [2.45, 2.75) is 13.8 Å². The predicted molar refractivity (Wildman–Crippen MR) is 212 cm³/mol. The summed E-state index contributed by atoms with van der Waals surface area (Å²) in [5.74, 6) is 0. The zero-order chi connectivity index (χ0) is 33.6. The quantitative estimate of drug-likeness (QED) is 0.180. The van der Waals surface area contributed by atoms with E-state index in [2.05, 4.69) is 183 Å². The van der Waals surface area contributed by atoms with Gasteiger partial charge >= 0.3 is 0 Å². The van der Waals surface area contributed by atoms with Crippen LogP contribution >= 0.6 is 0 Å². The minimum atomic E-state index is 0.911. The van der Waals surface area contributed by atoms with Gasteiger partial charge < -0.3 is 9.32 Å². The molecule has 0 N–H and O–H groups in total. The number of rotatable bonds is 6. The van der Waals surface area contributed by atoms with Crippen molar-refractivity contribution in [1.82, 2.24) is 0 Å². The first-order valence-corrected chi connectivity index (χ1v) is 17.2. The van der Waals surface area contributed by atoms with Gasteiger partial charge in [-0.25, -0.2) is 0 Å². The Kier molecular flexibility index (Phi) is 7.29. The van der Waals surface area contributed by atoms with Gasteiger partial charge in [-0.1, -0.05) is 133 Å². The molecule has 0 spiro atoms. The minimum absolute atomic E-state index is 0.911. The Morgan fingerprint density at radius 1 is 0.400 bits per heavy atom. The van der Waals surface area contributed by atoms with Gasteiger partial charge in [-0.05, 0) is 101 Å². The average molecular weight is 642 g/mol. The summed E-state index contributed by atoms with van der Waals surface area (Å²) >= 11 is 0. The van der Waals surface area contributed by atoms with Crippen LogP contribution in [0.4, 0.5) is 17.1 Å². The number of fused-ring (bicyclic) bond motifs is 4. The van der Waals surface area contributed by atoms with Gasteiger partial charge in [0.05, 0.1) is 5.69 Å². The number of nitrogens with zero attached hydrogens (tertiary/aromatic N) is 1. The molecule has 1 heterocycles. The molecule has 0 amide bonds. The molecule has 0 bridgehead atoms. The Balaban J connectivity index is 1.13. The molecule has 9 aromatic rings. The van der Waals surface area contributed by atoms with Crippen molar-refractivity contribution in [2.75, 3.05) is 4.90 Å². The molecular formula is C48H35NO. The van der Waals surface area contributed by atoms with Crippen LogP contribution < -0.4 is 4.90 Å². The first-order chi connectivity index (χ1) is 24.6. The number of anilines is 3. The maximum Gasteiger partial charge on any atom is 0.143 e. The number of hydrogen-bond acceptors (Lipinski definition) is 2. The highest BCUT2D eigenvalue weighted by atomic mass is 16.3. The molecule has 238 valence electrons. The molecule has 0 atom stereocenters. The summed E-state index contributed by atoms with van der Waals surface area (Å²) in [5.41, 5.74) is 14.9. The summed E-state index contributed by atoms with van der Waals surface area (Å²) in [6.45, 7) is 4.38. The minimum Gasteiger partial charge on any atom is -0.455 e. The van der Waals surface area contributed by atoms with Crippen LogP contribution in [0.3, 0.4) is 0 Å². The highest BCUT2D eigenvalue weighted by Crippen LogP contribution is 2.42. The molecule has 2 heteroatoms. The monoisotopic (exact) mass is 641 g/mol. The summed E-state index contributed by atoms with van der Waals surface area (Å²) in [4.78, 5) is 2.37. The average Bonchev–Trinajstić information content (AvgIpc) is 3.55. The van der Waals surface area contributed by atoms with Gasteiger partial charge in [0, 0.05) is 33.1 Å². The van der Waals surface area contributed by atoms with Crippen LogP contribution in [0.5, 0.6) is 0 Å². The second-order valence-corrected chi connectivity index (χ2v) is 13.1. The molecule has 2 nitrogen and oxygen atoms in total. The Labute approximate surface area is 292 Å². The van der Waals surface area contributed by atoms with Gasteiger partial charge in [-0.2, -0.15) is 0 Å². The van der Waals surface area contributed by atoms with E-state index in [1.165, 1.54) is 44.2 Å². The van der Waals surface area contributed by atoms with Crippen LogP contribution in [0.25, 0.3) is 66.1 Å². The van der Waals surface area contributed by atoms with E-state index < -0.39 is 0 Å². The Bertz CT molecular complexity index is 2660. The van der Waals surface area contributed by atoms with Gasteiger partial charge in [0.1, 0.15) is 11.2 Å². The van der Waals surface area contributed by atoms with E-state index >= 15 is 0 Å². The van der Waals surface area contributed by atoms with E-state index in [0.29, 0.717) is 0 Å². The summed E-state index contributed by atoms with van der Waals surface area (Å²) in [6, 6.07) is 63.1. The zero-order valence-corrected chi connectivity index (χ0v) is 28.1. The van der Waals surface area contributed by atoms with Crippen molar-refractivity contribution in [3.05, 3.63) is 187 Å². The number of benzene rings is 8. The Morgan fingerprint density at radius 2 is 0.980 bits per heavy atom. The lowest BCUT2D eigenvalue weighted by molar-refractivity contribution is 0.670.